The molecule has 0 atom stereocenters. The minimum atomic E-state index is -4.65. The van der Waals surface area contributed by atoms with Gasteiger partial charge in [-0.25, -0.2) is 9.37 Å². The Bertz CT molecular complexity index is 1850. The van der Waals surface area contributed by atoms with Gasteiger partial charge < -0.3 is 21.3 Å². The maximum absolute atomic E-state index is 14.9. The number of halogens is 4. The minimum absolute atomic E-state index is 0.00589. The molecule has 0 saturated heterocycles. The highest BCUT2D eigenvalue weighted by Gasteiger charge is 2.33. The molecule has 44 heavy (non-hydrogen) atoms. The van der Waals surface area contributed by atoms with Crippen LogP contribution in [0.25, 0.3) is 5.65 Å². The number of carbonyl (C=O) groups is 1. The van der Waals surface area contributed by atoms with Crippen LogP contribution in [0.2, 0.25) is 0 Å². The molecule has 0 aliphatic heterocycles. The first-order valence-electron chi connectivity index (χ1n) is 13.5. The number of rotatable bonds is 9. The lowest BCUT2D eigenvalue weighted by Crippen LogP contribution is -2.25. The second-order valence-corrected chi connectivity index (χ2v) is 9.87. The third kappa shape index (κ3) is 6.88. The van der Waals surface area contributed by atoms with Crippen molar-refractivity contribution in [1.82, 2.24) is 30.2 Å². The van der Waals surface area contributed by atoms with E-state index in [1.165, 1.54) is 24.3 Å². The normalized spacial score (nSPS) is 11.3. The van der Waals surface area contributed by atoms with Gasteiger partial charge in [-0.3, -0.25) is 14.3 Å². The number of aromatic amines is 1. The van der Waals surface area contributed by atoms with Crippen molar-refractivity contribution in [3.63, 3.8) is 0 Å². The molecule has 226 valence electrons. The Morgan fingerprint density at radius 1 is 1.07 bits per heavy atom. The van der Waals surface area contributed by atoms with Gasteiger partial charge in [0.1, 0.15) is 11.5 Å². The van der Waals surface area contributed by atoms with Crippen molar-refractivity contribution in [2.45, 2.75) is 19.6 Å². The van der Waals surface area contributed by atoms with Crippen LogP contribution >= 0.6 is 0 Å². The van der Waals surface area contributed by atoms with Crippen LogP contribution in [-0.2, 0) is 12.7 Å². The van der Waals surface area contributed by atoms with Gasteiger partial charge in [-0.15, -0.1) is 0 Å². The lowest BCUT2D eigenvalue weighted by atomic mass is 10.0. The summed E-state index contributed by atoms with van der Waals surface area (Å²) in [5, 5.41) is 18.1. The van der Waals surface area contributed by atoms with E-state index in [9.17, 15) is 22.4 Å². The van der Waals surface area contributed by atoms with Crippen LogP contribution in [0.1, 0.15) is 38.3 Å². The molecule has 13 heteroatoms. The molecule has 1 amide bonds. The van der Waals surface area contributed by atoms with Crippen LogP contribution < -0.4 is 21.3 Å². The average molecular weight is 605 g/mol. The molecule has 5 rings (SSSR count). The lowest BCUT2D eigenvalue weighted by molar-refractivity contribution is -0.138. The summed E-state index contributed by atoms with van der Waals surface area (Å²) in [4.78, 5) is 17.5. The second-order valence-electron chi connectivity index (χ2n) is 9.87. The summed E-state index contributed by atoms with van der Waals surface area (Å²) in [5.74, 6) is 4.26. The van der Waals surface area contributed by atoms with E-state index in [4.69, 9.17) is 0 Å². The number of carbonyl (C=O) groups excluding carboxylic acids is 1. The van der Waals surface area contributed by atoms with Gasteiger partial charge in [-0.1, -0.05) is 12.0 Å². The van der Waals surface area contributed by atoms with E-state index in [2.05, 4.69) is 48.3 Å². The Kier molecular flexibility index (Phi) is 8.94. The number of anilines is 3. The van der Waals surface area contributed by atoms with Crippen LogP contribution in [0.4, 0.5) is 34.6 Å². The number of aromatic nitrogens is 4. The lowest BCUT2D eigenvalue weighted by Gasteiger charge is -2.16. The Morgan fingerprint density at radius 3 is 2.66 bits per heavy atom. The van der Waals surface area contributed by atoms with Gasteiger partial charge in [-0.2, -0.15) is 18.3 Å². The molecule has 0 aliphatic carbocycles. The topological polar surface area (TPSA) is 111 Å². The van der Waals surface area contributed by atoms with E-state index < -0.39 is 23.5 Å². The molecule has 3 heterocycles. The van der Waals surface area contributed by atoms with Gasteiger partial charge in [0.05, 0.1) is 34.9 Å². The van der Waals surface area contributed by atoms with Crippen molar-refractivity contribution in [2.24, 2.45) is 0 Å². The van der Waals surface area contributed by atoms with E-state index in [0.29, 0.717) is 35.6 Å². The molecule has 0 spiro atoms. The fraction of sp³-hybridized carbons (Fsp3) is 0.194. The molecule has 0 saturated carbocycles. The Morgan fingerprint density at radius 2 is 1.91 bits per heavy atom. The zero-order valence-corrected chi connectivity index (χ0v) is 23.7. The fourth-order valence-corrected chi connectivity index (χ4v) is 4.50. The highest BCUT2D eigenvalue weighted by Crippen LogP contribution is 2.34. The maximum atomic E-state index is 14.9. The quantitative estimate of drug-likeness (QED) is 0.0896. The number of pyridine rings is 1. The molecule has 0 unspecified atom stereocenters. The van der Waals surface area contributed by atoms with Crippen molar-refractivity contribution in [2.75, 3.05) is 30.8 Å². The molecular formula is C31H28F4N8O. The predicted molar refractivity (Wildman–Crippen MR) is 159 cm³/mol. The first kappa shape index (κ1) is 30.3. The third-order valence-electron chi connectivity index (χ3n) is 6.74. The van der Waals surface area contributed by atoms with Gasteiger partial charge in [-0.05, 0) is 67.4 Å². The smallest absolute Gasteiger partial charge is 0.350 e. The van der Waals surface area contributed by atoms with Crippen LogP contribution in [0, 0.1) is 24.6 Å². The number of nitrogens with one attached hydrogen (secondary N) is 5. The largest absolute Gasteiger partial charge is 0.416 e. The number of alkyl halides is 3. The van der Waals surface area contributed by atoms with Crippen molar-refractivity contribution in [1.29, 1.82) is 0 Å². The number of amides is 1. The SMILES string of the molecule is CNCCNCc1ccc(NC(=O)c2cc(C#Cc3cnc4c(Nc5cn[nH]c5)cccn34)c(C)cc2F)cc1C(F)(F)F. The average Bonchev–Trinajstić information content (AvgIpc) is 3.65. The second kappa shape index (κ2) is 13.0. The van der Waals surface area contributed by atoms with Crippen molar-refractivity contribution in [3.05, 3.63) is 107 Å². The predicted octanol–water partition coefficient (Wildman–Crippen LogP) is 5.23. The molecule has 0 aliphatic rings. The molecular weight excluding hydrogens is 576 g/mol. The summed E-state index contributed by atoms with van der Waals surface area (Å²) in [7, 11) is 1.74. The van der Waals surface area contributed by atoms with Crippen LogP contribution in [0.5, 0.6) is 0 Å². The number of likely N-dealkylation sites (N-methyl/N-ethyl adjacent to an activating group) is 1. The zero-order valence-electron chi connectivity index (χ0n) is 23.7. The number of H-pyrrole nitrogens is 1. The number of hydrogen-bond donors (Lipinski definition) is 5. The molecule has 0 radical (unpaired) electrons. The third-order valence-corrected chi connectivity index (χ3v) is 6.74. The Hall–Kier alpha value is -5.19. The number of aryl methyl sites for hydroxylation is 1. The van der Waals surface area contributed by atoms with Gasteiger partial charge in [0.15, 0.2) is 5.65 Å². The summed E-state index contributed by atoms with van der Waals surface area (Å²) in [5.41, 5.74) is 2.18. The van der Waals surface area contributed by atoms with Gasteiger partial charge >= 0.3 is 6.18 Å². The fourth-order valence-electron chi connectivity index (χ4n) is 4.50. The Labute approximate surface area is 250 Å². The van der Waals surface area contributed by atoms with Gasteiger partial charge in [0, 0.05) is 43.3 Å². The van der Waals surface area contributed by atoms with Crippen LogP contribution in [-0.4, -0.2) is 45.6 Å². The monoisotopic (exact) mass is 604 g/mol. The van der Waals surface area contributed by atoms with Crippen LogP contribution in [0.15, 0.2) is 67.3 Å². The summed E-state index contributed by atoms with van der Waals surface area (Å²) >= 11 is 0. The van der Waals surface area contributed by atoms with Crippen LogP contribution in [0.3, 0.4) is 0 Å². The summed E-state index contributed by atoms with van der Waals surface area (Å²) in [6.45, 7) is 2.71. The van der Waals surface area contributed by atoms with E-state index >= 15 is 0 Å². The molecule has 0 bridgehead atoms. The molecule has 5 aromatic rings. The number of hydrogen-bond acceptors (Lipinski definition) is 6. The summed E-state index contributed by atoms with van der Waals surface area (Å²) < 4.78 is 58.1. The molecule has 0 fully saturated rings. The van der Waals surface area contributed by atoms with Crippen molar-refractivity contribution < 1.29 is 22.4 Å². The highest BCUT2D eigenvalue weighted by atomic mass is 19.4. The van der Waals surface area contributed by atoms with Crippen molar-refractivity contribution >= 4 is 28.6 Å². The highest BCUT2D eigenvalue weighted by molar-refractivity contribution is 6.04. The standard InChI is InChI=1S/C31H28F4N8O/c1-19-12-27(32)25(30(44)42-22-7-5-21(15-37-10-9-36-2)26(14-22)31(33,34)35)13-20(19)6-8-24-18-38-29-28(4-3-11-43(24)29)41-23-16-39-40-17-23/h3-5,7,11-14,16-18,36-37,41H,9-10,15H2,1-2H3,(H,39,40)(H,42,44). The molecule has 2 aromatic carbocycles. The van der Waals surface area contributed by atoms with Gasteiger partial charge in [0.2, 0.25) is 0 Å². The van der Waals surface area contributed by atoms with E-state index in [0.717, 1.165) is 17.4 Å². The number of imidazole rings is 1. The van der Waals surface area contributed by atoms with Crippen molar-refractivity contribution in [3.8, 4) is 11.8 Å². The molecule has 3 aromatic heterocycles. The van der Waals surface area contributed by atoms with E-state index in [-0.39, 0.29) is 23.4 Å². The Balaban J connectivity index is 1.38. The molecule has 5 N–H and O–H groups in total. The van der Waals surface area contributed by atoms with E-state index in [1.54, 1.807) is 43.2 Å². The number of fused-ring (bicyclic) bond motifs is 1. The van der Waals surface area contributed by atoms with E-state index in [1.807, 2.05) is 12.1 Å². The molecule has 9 nitrogen and oxygen atoms in total. The first-order chi connectivity index (χ1) is 21.1. The minimum Gasteiger partial charge on any atom is -0.350 e. The maximum Gasteiger partial charge on any atom is 0.416 e. The number of nitrogens with zero attached hydrogens (tertiary/aromatic N) is 3. The number of benzene rings is 2. The summed E-state index contributed by atoms with van der Waals surface area (Å²) in [6.07, 6.45) is 2.07. The zero-order chi connectivity index (χ0) is 31.3. The summed E-state index contributed by atoms with van der Waals surface area (Å²) in [6, 6.07) is 9.63. The van der Waals surface area contributed by atoms with Gasteiger partial charge in [0.25, 0.3) is 5.91 Å². The first-order valence-corrected chi connectivity index (χ1v) is 13.5.